The minimum atomic E-state index is -4.59. The van der Waals surface area contributed by atoms with Crippen LogP contribution in [0.25, 0.3) is 17.1 Å². The van der Waals surface area contributed by atoms with E-state index in [9.17, 15) is 18.0 Å². The molecule has 208 valence electrons. The number of nitrogens with one attached hydrogen (secondary N) is 1. The third-order valence-electron chi connectivity index (χ3n) is 6.26. The Labute approximate surface area is 243 Å². The smallest absolute Gasteiger partial charge is 0.323 e. The standard InChI is InChI=1S/C30H23ClF3N5OS/c1-18-10-13-25(19(2)15-18)39-27(21-9-6-14-35-17-21)37-38-29(39)41-26(20-7-4-3-5-8-20)28(40)36-24-16-22(30(32,33)34)11-12-23(24)31/h3-17,26H,1-2H3,(H,36,40)/t26-/m0/s1. The maximum atomic E-state index is 13.7. The Morgan fingerprint density at radius 3 is 2.44 bits per heavy atom. The highest BCUT2D eigenvalue weighted by molar-refractivity contribution is 8.00. The molecule has 1 N–H and O–H groups in total. The summed E-state index contributed by atoms with van der Waals surface area (Å²) in [5.41, 5.74) is 3.15. The SMILES string of the molecule is Cc1ccc(-n2c(S[C@H](C(=O)Nc3cc(C(F)(F)F)ccc3Cl)c3ccccc3)nnc2-c2cccnc2)c(C)c1. The van der Waals surface area contributed by atoms with Crippen LogP contribution in [0.5, 0.6) is 0 Å². The molecule has 3 aromatic carbocycles. The highest BCUT2D eigenvalue weighted by Gasteiger charge is 2.32. The van der Waals surface area contributed by atoms with E-state index in [-0.39, 0.29) is 10.7 Å². The van der Waals surface area contributed by atoms with Gasteiger partial charge in [-0.25, -0.2) is 0 Å². The van der Waals surface area contributed by atoms with Crippen molar-refractivity contribution in [1.29, 1.82) is 0 Å². The number of hydrogen-bond donors (Lipinski definition) is 1. The van der Waals surface area contributed by atoms with Crippen molar-refractivity contribution in [3.05, 3.63) is 119 Å². The fourth-order valence-corrected chi connectivity index (χ4v) is 5.52. The van der Waals surface area contributed by atoms with Gasteiger partial charge in [0.15, 0.2) is 11.0 Å². The molecule has 0 spiro atoms. The zero-order chi connectivity index (χ0) is 29.1. The lowest BCUT2D eigenvalue weighted by molar-refractivity contribution is -0.137. The summed E-state index contributed by atoms with van der Waals surface area (Å²) in [6.07, 6.45) is -1.26. The van der Waals surface area contributed by atoms with E-state index in [1.165, 1.54) is 0 Å². The van der Waals surface area contributed by atoms with Crippen molar-refractivity contribution >= 4 is 35.0 Å². The molecule has 0 bridgehead atoms. The summed E-state index contributed by atoms with van der Waals surface area (Å²) < 4.78 is 42.0. The Morgan fingerprint density at radius 2 is 1.76 bits per heavy atom. The first-order valence-corrected chi connectivity index (χ1v) is 13.7. The summed E-state index contributed by atoms with van der Waals surface area (Å²) >= 11 is 7.31. The van der Waals surface area contributed by atoms with Gasteiger partial charge in [-0.15, -0.1) is 10.2 Å². The summed E-state index contributed by atoms with van der Waals surface area (Å²) in [5.74, 6) is -0.0405. The monoisotopic (exact) mass is 593 g/mol. The predicted octanol–water partition coefficient (Wildman–Crippen LogP) is 8.09. The molecule has 0 saturated heterocycles. The van der Waals surface area contributed by atoms with Crippen LogP contribution in [0.2, 0.25) is 5.02 Å². The van der Waals surface area contributed by atoms with Gasteiger partial charge in [-0.2, -0.15) is 13.2 Å². The second-order valence-electron chi connectivity index (χ2n) is 9.26. The second kappa shape index (κ2) is 11.8. The number of carbonyl (C=O) groups excluding carboxylic acids is 1. The zero-order valence-electron chi connectivity index (χ0n) is 21.9. The maximum absolute atomic E-state index is 13.7. The van der Waals surface area contributed by atoms with Gasteiger partial charge < -0.3 is 5.32 Å². The largest absolute Gasteiger partial charge is 0.416 e. The van der Waals surface area contributed by atoms with Crippen molar-refractivity contribution in [2.45, 2.75) is 30.4 Å². The lowest BCUT2D eigenvalue weighted by Gasteiger charge is -2.19. The van der Waals surface area contributed by atoms with Crippen molar-refractivity contribution in [1.82, 2.24) is 19.7 Å². The van der Waals surface area contributed by atoms with Crippen LogP contribution in [0.3, 0.4) is 0 Å². The topological polar surface area (TPSA) is 72.7 Å². The van der Waals surface area contributed by atoms with Crippen molar-refractivity contribution in [3.8, 4) is 17.1 Å². The average molecular weight is 594 g/mol. The number of alkyl halides is 3. The van der Waals surface area contributed by atoms with Crippen LogP contribution < -0.4 is 5.32 Å². The van der Waals surface area contributed by atoms with E-state index in [1.54, 1.807) is 42.7 Å². The number of aromatic nitrogens is 4. The maximum Gasteiger partial charge on any atom is 0.416 e. The van der Waals surface area contributed by atoms with Crippen molar-refractivity contribution in [2.75, 3.05) is 5.32 Å². The van der Waals surface area contributed by atoms with Gasteiger partial charge in [0.25, 0.3) is 0 Å². The lowest BCUT2D eigenvalue weighted by atomic mass is 10.1. The fourth-order valence-electron chi connectivity index (χ4n) is 4.30. The molecule has 0 unspecified atom stereocenters. The third-order valence-corrected chi connectivity index (χ3v) is 7.79. The first-order valence-electron chi connectivity index (χ1n) is 12.4. The summed E-state index contributed by atoms with van der Waals surface area (Å²) in [4.78, 5) is 17.9. The van der Waals surface area contributed by atoms with E-state index >= 15 is 0 Å². The van der Waals surface area contributed by atoms with Crippen LogP contribution in [0.15, 0.2) is 96.4 Å². The fraction of sp³-hybridized carbons (Fsp3) is 0.133. The number of hydrogen-bond acceptors (Lipinski definition) is 5. The van der Waals surface area contributed by atoms with Crippen LogP contribution in [-0.2, 0) is 11.0 Å². The van der Waals surface area contributed by atoms with Gasteiger partial charge in [-0.1, -0.05) is 71.4 Å². The van der Waals surface area contributed by atoms with Crippen molar-refractivity contribution in [2.24, 2.45) is 0 Å². The van der Waals surface area contributed by atoms with Gasteiger partial charge in [-0.3, -0.25) is 14.3 Å². The molecule has 5 rings (SSSR count). The lowest BCUT2D eigenvalue weighted by Crippen LogP contribution is -2.20. The van der Waals surface area contributed by atoms with E-state index in [4.69, 9.17) is 11.6 Å². The second-order valence-corrected chi connectivity index (χ2v) is 10.7. The van der Waals surface area contributed by atoms with Gasteiger partial charge in [0.1, 0.15) is 5.25 Å². The number of aryl methyl sites for hydroxylation is 2. The Morgan fingerprint density at radius 1 is 0.976 bits per heavy atom. The number of anilines is 1. The zero-order valence-corrected chi connectivity index (χ0v) is 23.4. The molecular weight excluding hydrogens is 571 g/mol. The molecule has 1 amide bonds. The first kappa shape index (κ1) is 28.4. The van der Waals surface area contributed by atoms with E-state index in [0.29, 0.717) is 16.5 Å². The van der Waals surface area contributed by atoms with Gasteiger partial charge in [-0.05, 0) is 61.4 Å². The highest BCUT2D eigenvalue weighted by Crippen LogP contribution is 2.40. The molecule has 0 aliphatic carbocycles. The van der Waals surface area contributed by atoms with Gasteiger partial charge in [0.2, 0.25) is 5.91 Å². The summed E-state index contributed by atoms with van der Waals surface area (Å²) in [5, 5.41) is 11.0. The highest BCUT2D eigenvalue weighted by atomic mass is 35.5. The quantitative estimate of drug-likeness (QED) is 0.193. The van der Waals surface area contributed by atoms with Crippen LogP contribution in [-0.4, -0.2) is 25.7 Å². The minimum Gasteiger partial charge on any atom is -0.323 e. The molecule has 0 aliphatic heterocycles. The number of pyridine rings is 1. The van der Waals surface area contributed by atoms with Crippen LogP contribution in [0, 0.1) is 13.8 Å². The Kier molecular flexibility index (Phi) is 8.14. The van der Waals surface area contributed by atoms with Crippen LogP contribution >= 0.6 is 23.4 Å². The molecule has 5 aromatic rings. The average Bonchev–Trinajstić information content (AvgIpc) is 3.36. The number of amides is 1. The number of halogens is 4. The van der Waals surface area contributed by atoms with Crippen LogP contribution in [0.4, 0.5) is 18.9 Å². The molecule has 0 aliphatic rings. The molecule has 0 radical (unpaired) electrons. The Balaban J connectivity index is 1.58. The molecule has 0 fully saturated rings. The van der Waals surface area contributed by atoms with E-state index in [2.05, 4.69) is 20.5 Å². The normalized spacial score (nSPS) is 12.2. The van der Waals surface area contributed by atoms with Crippen molar-refractivity contribution in [3.63, 3.8) is 0 Å². The van der Waals surface area contributed by atoms with Crippen molar-refractivity contribution < 1.29 is 18.0 Å². The van der Waals surface area contributed by atoms with Gasteiger partial charge >= 0.3 is 6.18 Å². The van der Waals surface area contributed by atoms with Crippen LogP contribution in [0.1, 0.15) is 27.5 Å². The van der Waals surface area contributed by atoms with E-state index in [0.717, 1.165) is 52.3 Å². The molecule has 6 nitrogen and oxygen atoms in total. The first-order chi connectivity index (χ1) is 19.6. The van der Waals surface area contributed by atoms with E-state index in [1.807, 2.05) is 48.7 Å². The number of rotatable bonds is 7. The Hall–Kier alpha value is -4.15. The summed E-state index contributed by atoms with van der Waals surface area (Å²) in [6, 6.07) is 21.3. The molecule has 1 atom stereocenters. The Bertz CT molecular complexity index is 1690. The molecule has 41 heavy (non-hydrogen) atoms. The van der Waals surface area contributed by atoms with Gasteiger partial charge in [0.05, 0.1) is 22.0 Å². The molecule has 2 heterocycles. The molecule has 2 aromatic heterocycles. The number of benzene rings is 3. The number of thioether (sulfide) groups is 1. The third kappa shape index (κ3) is 6.28. The summed E-state index contributed by atoms with van der Waals surface area (Å²) in [6.45, 7) is 3.97. The predicted molar refractivity (Wildman–Crippen MR) is 154 cm³/mol. The summed E-state index contributed by atoms with van der Waals surface area (Å²) in [7, 11) is 0. The minimum absolute atomic E-state index is 0.0135. The van der Waals surface area contributed by atoms with Gasteiger partial charge in [0, 0.05) is 18.0 Å². The number of carbonyl (C=O) groups is 1. The number of nitrogens with zero attached hydrogens (tertiary/aromatic N) is 4. The molecular formula is C30H23ClF3N5OS. The van der Waals surface area contributed by atoms with E-state index < -0.39 is 22.9 Å². The molecule has 0 saturated carbocycles. The molecule has 11 heteroatoms.